The first kappa shape index (κ1) is 14.4. The van der Waals surface area contributed by atoms with Gasteiger partial charge in [-0.3, -0.25) is 0 Å². The molecule has 1 N–H and O–H groups in total. The number of hydrogen-bond donors (Lipinski definition) is 1. The fourth-order valence-electron chi connectivity index (χ4n) is 2.71. The van der Waals surface area contributed by atoms with Crippen LogP contribution < -0.4 is 9.47 Å². The third-order valence-corrected chi connectivity index (χ3v) is 4.13. The topological polar surface area (TPSA) is 38.7 Å². The van der Waals surface area contributed by atoms with Crippen LogP contribution in [0, 0.1) is 13.8 Å². The summed E-state index contributed by atoms with van der Waals surface area (Å²) in [5.74, 6) is 1.39. The van der Waals surface area contributed by atoms with E-state index in [-0.39, 0.29) is 6.79 Å². The first-order valence-corrected chi connectivity index (χ1v) is 7.66. The van der Waals surface area contributed by atoms with Gasteiger partial charge in [-0.1, -0.05) is 29.3 Å². The normalized spacial score (nSPS) is 14.3. The van der Waals surface area contributed by atoms with Crippen LogP contribution in [0.5, 0.6) is 11.5 Å². The zero-order valence-corrected chi connectivity index (χ0v) is 13.6. The van der Waals surface area contributed by atoms with Gasteiger partial charge in [-0.25, -0.2) is 0 Å². The molecule has 21 heavy (non-hydrogen) atoms. The van der Waals surface area contributed by atoms with E-state index in [0.717, 1.165) is 15.6 Å². The Labute approximate surface area is 132 Å². The average Bonchev–Trinajstić information content (AvgIpc) is 2.86. The van der Waals surface area contributed by atoms with E-state index in [4.69, 9.17) is 9.47 Å². The van der Waals surface area contributed by atoms with Crippen LogP contribution >= 0.6 is 15.9 Å². The molecule has 2 aromatic carbocycles. The Balaban J connectivity index is 1.85. The van der Waals surface area contributed by atoms with Gasteiger partial charge >= 0.3 is 0 Å². The molecule has 0 aromatic heterocycles. The summed E-state index contributed by atoms with van der Waals surface area (Å²) < 4.78 is 11.6. The lowest BCUT2D eigenvalue weighted by Gasteiger charge is -2.14. The van der Waals surface area contributed by atoms with Crippen molar-refractivity contribution in [1.29, 1.82) is 0 Å². The third kappa shape index (κ3) is 3.06. The molecule has 1 aliphatic heterocycles. The molecular weight excluding hydrogens is 332 g/mol. The van der Waals surface area contributed by atoms with Gasteiger partial charge in [-0.15, -0.1) is 0 Å². The Kier molecular flexibility index (Phi) is 3.91. The van der Waals surface area contributed by atoms with Crippen LogP contribution in [0.2, 0.25) is 0 Å². The summed E-state index contributed by atoms with van der Waals surface area (Å²) in [4.78, 5) is 0. The molecule has 110 valence electrons. The van der Waals surface area contributed by atoms with Gasteiger partial charge in [0, 0.05) is 6.42 Å². The van der Waals surface area contributed by atoms with Crippen molar-refractivity contribution in [2.45, 2.75) is 26.4 Å². The van der Waals surface area contributed by atoms with Gasteiger partial charge in [0.15, 0.2) is 11.5 Å². The van der Waals surface area contributed by atoms with Crippen molar-refractivity contribution < 1.29 is 14.6 Å². The fraction of sp³-hybridized carbons (Fsp3) is 0.294. The van der Waals surface area contributed by atoms with Crippen LogP contribution in [-0.2, 0) is 6.42 Å². The molecule has 0 spiro atoms. The van der Waals surface area contributed by atoms with Gasteiger partial charge in [0.1, 0.15) is 0 Å². The predicted octanol–water partition coefficient (Wildman–Crippen LogP) is 4.07. The maximum atomic E-state index is 10.5. The van der Waals surface area contributed by atoms with Gasteiger partial charge in [0.2, 0.25) is 6.79 Å². The Morgan fingerprint density at radius 1 is 1.10 bits per heavy atom. The average molecular weight is 349 g/mol. The second kappa shape index (κ2) is 5.70. The summed E-state index contributed by atoms with van der Waals surface area (Å²) in [7, 11) is 0. The molecule has 2 aromatic rings. The Bertz CT molecular complexity index is 662. The number of ether oxygens (including phenoxy) is 2. The molecule has 0 fully saturated rings. The van der Waals surface area contributed by atoms with E-state index in [2.05, 4.69) is 48.0 Å². The van der Waals surface area contributed by atoms with Crippen molar-refractivity contribution in [3.8, 4) is 11.5 Å². The van der Waals surface area contributed by atoms with E-state index >= 15 is 0 Å². The lowest BCUT2D eigenvalue weighted by molar-refractivity contribution is 0.171. The molecule has 0 saturated heterocycles. The summed E-state index contributed by atoms with van der Waals surface area (Å²) in [6.45, 7) is 4.37. The van der Waals surface area contributed by atoms with Crippen LogP contribution in [0.4, 0.5) is 0 Å². The summed E-state index contributed by atoms with van der Waals surface area (Å²) in [5, 5.41) is 10.5. The van der Waals surface area contributed by atoms with Gasteiger partial charge in [-0.05, 0) is 53.0 Å². The van der Waals surface area contributed by atoms with E-state index in [0.29, 0.717) is 17.9 Å². The minimum absolute atomic E-state index is 0.227. The molecular formula is C17H17BrO3. The van der Waals surface area contributed by atoms with E-state index in [1.807, 2.05) is 12.1 Å². The lowest BCUT2D eigenvalue weighted by Crippen LogP contribution is -2.02. The highest BCUT2D eigenvalue weighted by Crippen LogP contribution is 2.41. The van der Waals surface area contributed by atoms with E-state index in [9.17, 15) is 5.11 Å². The molecule has 3 rings (SSSR count). The summed E-state index contributed by atoms with van der Waals surface area (Å²) in [5.41, 5.74) is 4.38. The molecule has 0 radical (unpaired) electrons. The second-order valence-electron chi connectivity index (χ2n) is 5.45. The molecule has 0 aliphatic carbocycles. The largest absolute Gasteiger partial charge is 0.454 e. The summed E-state index contributed by atoms with van der Waals surface area (Å²) in [6.07, 6.45) is 0.00576. The van der Waals surface area contributed by atoms with Crippen molar-refractivity contribution >= 4 is 15.9 Å². The maximum Gasteiger partial charge on any atom is 0.231 e. The first-order valence-electron chi connectivity index (χ1n) is 6.87. The Morgan fingerprint density at radius 2 is 1.81 bits per heavy atom. The fourth-order valence-corrected chi connectivity index (χ4v) is 3.28. The number of aryl methyl sites for hydroxylation is 2. The zero-order valence-electron chi connectivity index (χ0n) is 12.0. The summed E-state index contributed by atoms with van der Waals surface area (Å²) in [6, 6.07) is 10.1. The van der Waals surface area contributed by atoms with Crippen molar-refractivity contribution in [3.63, 3.8) is 0 Å². The number of fused-ring (bicyclic) bond motifs is 1. The standard InChI is InChI=1S/C17H17BrO3/c1-10-3-11(2)5-12(4-10)6-15(19)13-7-14(18)17-16(8-13)20-9-21-17/h3-5,7-8,15,19H,6,9H2,1-2H3. The number of hydrogen-bond acceptors (Lipinski definition) is 3. The number of benzene rings is 2. The Morgan fingerprint density at radius 3 is 2.52 bits per heavy atom. The number of aliphatic hydroxyl groups excluding tert-OH is 1. The predicted molar refractivity (Wildman–Crippen MR) is 84.8 cm³/mol. The van der Waals surface area contributed by atoms with Crippen molar-refractivity contribution in [2.75, 3.05) is 6.79 Å². The van der Waals surface area contributed by atoms with Crippen LogP contribution in [0.25, 0.3) is 0 Å². The van der Waals surface area contributed by atoms with Crippen LogP contribution in [0.15, 0.2) is 34.8 Å². The van der Waals surface area contributed by atoms with Gasteiger partial charge in [-0.2, -0.15) is 0 Å². The maximum absolute atomic E-state index is 10.5. The minimum Gasteiger partial charge on any atom is -0.454 e. The zero-order chi connectivity index (χ0) is 15.0. The molecule has 4 heteroatoms. The molecule has 1 heterocycles. The molecule has 0 bridgehead atoms. The van der Waals surface area contributed by atoms with Gasteiger partial charge in [0.25, 0.3) is 0 Å². The highest BCUT2D eigenvalue weighted by atomic mass is 79.9. The number of halogens is 1. The number of rotatable bonds is 3. The third-order valence-electron chi connectivity index (χ3n) is 3.54. The monoisotopic (exact) mass is 348 g/mol. The molecule has 0 amide bonds. The van der Waals surface area contributed by atoms with Crippen LogP contribution in [0.1, 0.15) is 28.4 Å². The van der Waals surface area contributed by atoms with Crippen LogP contribution in [-0.4, -0.2) is 11.9 Å². The highest BCUT2D eigenvalue weighted by Gasteiger charge is 2.20. The quantitative estimate of drug-likeness (QED) is 0.908. The smallest absolute Gasteiger partial charge is 0.231 e. The van der Waals surface area contributed by atoms with E-state index < -0.39 is 6.10 Å². The summed E-state index contributed by atoms with van der Waals surface area (Å²) >= 11 is 3.46. The van der Waals surface area contributed by atoms with Gasteiger partial charge < -0.3 is 14.6 Å². The molecule has 3 nitrogen and oxygen atoms in total. The van der Waals surface area contributed by atoms with E-state index in [1.54, 1.807) is 0 Å². The molecule has 1 aliphatic rings. The minimum atomic E-state index is -0.572. The molecule has 0 saturated carbocycles. The van der Waals surface area contributed by atoms with E-state index in [1.165, 1.54) is 11.1 Å². The number of aliphatic hydroxyl groups is 1. The van der Waals surface area contributed by atoms with Gasteiger partial charge in [0.05, 0.1) is 10.6 Å². The Hall–Kier alpha value is -1.52. The van der Waals surface area contributed by atoms with Crippen LogP contribution in [0.3, 0.4) is 0 Å². The highest BCUT2D eigenvalue weighted by molar-refractivity contribution is 9.10. The molecule has 1 atom stereocenters. The van der Waals surface area contributed by atoms with Crippen molar-refractivity contribution in [1.82, 2.24) is 0 Å². The van der Waals surface area contributed by atoms with Crippen molar-refractivity contribution in [2.24, 2.45) is 0 Å². The second-order valence-corrected chi connectivity index (χ2v) is 6.31. The lowest BCUT2D eigenvalue weighted by atomic mass is 9.98. The molecule has 1 unspecified atom stereocenters. The first-order chi connectivity index (χ1) is 10.0. The SMILES string of the molecule is Cc1cc(C)cc(CC(O)c2cc(Br)c3c(c2)OCO3)c1. The van der Waals surface area contributed by atoms with Crippen molar-refractivity contribution in [3.05, 3.63) is 57.1 Å².